The maximum absolute atomic E-state index is 12.8. The molecule has 1 unspecified atom stereocenters. The minimum Gasteiger partial charge on any atom is -0.459 e. The predicted molar refractivity (Wildman–Crippen MR) is 371 cm³/mol. The van der Waals surface area contributed by atoms with E-state index in [-0.39, 0.29) is 46.8 Å². The van der Waals surface area contributed by atoms with Crippen LogP contribution in [-0.2, 0) is 28.4 Å². The number of aliphatic hydroxyl groups excluding tert-OH is 8. The second-order valence-electron chi connectivity index (χ2n) is 24.0. The van der Waals surface area contributed by atoms with E-state index in [1.807, 2.05) is 13.8 Å². The highest BCUT2D eigenvalue weighted by Gasteiger charge is 2.54. The Bertz CT molecular complexity index is 4630. The van der Waals surface area contributed by atoms with Gasteiger partial charge >= 0.3 is 11.9 Å². The van der Waals surface area contributed by atoms with E-state index in [4.69, 9.17) is 142 Å². The number of aromatic nitrogens is 8. The summed E-state index contributed by atoms with van der Waals surface area (Å²) in [6, 6.07) is 30.3. The molecule has 4 bridgehead atoms. The van der Waals surface area contributed by atoms with Crippen LogP contribution in [0.5, 0.6) is 12.0 Å². The lowest BCUT2D eigenvalue weighted by molar-refractivity contribution is -0.0582. The summed E-state index contributed by atoms with van der Waals surface area (Å²) in [5, 5.41) is 85.8. The Labute approximate surface area is 616 Å². The van der Waals surface area contributed by atoms with Crippen molar-refractivity contribution in [1.29, 1.82) is 0 Å². The summed E-state index contributed by atoms with van der Waals surface area (Å²) in [7, 11) is 0. The van der Waals surface area contributed by atoms with Crippen molar-refractivity contribution in [2.75, 3.05) is 31.7 Å². The summed E-state index contributed by atoms with van der Waals surface area (Å²) in [4.78, 5) is 42.8. The molecule has 6 aliphatic rings. The standard InChI is InChI=1S/C26H19Cl3N2O6.C15H19Cl2N3O4.2C12H10Cl2N2O4/c27-16-11-18-19(12-17(16)28)31(26(29)30-18)23-21(32)22(37-25(34)15-9-5-2-6-10-15)20(36-23)13-35-24(33)14-7-3-1-4-8-14;1-6(2)18-15-19-9-3-7(16)8(17)4-10(9)20(15)14-13(23)12(22)11(5-21)24-14;2*13-4-1-6-7(2-5(4)14)16-11-9(18)10(8(3-17)19-11)20-12(16)15-6/h1-12,20-23,32H,13H2;3-4,6,11-14,21-23H,5H2,1-2H3,(H,18,19);2*1-2,8-11,17-18H,3H2/t20-,21-,22+,23?;11-,12+,13+,14-;2*8-,9+,10+,11-/m0000/s1. The van der Waals surface area contributed by atoms with E-state index < -0.39 is 117 Å². The maximum atomic E-state index is 12.8. The van der Waals surface area contributed by atoms with Gasteiger partial charge in [-0.25, -0.2) is 19.6 Å². The van der Waals surface area contributed by atoms with Gasteiger partial charge in [0, 0.05) is 6.04 Å². The number of benzene rings is 6. The van der Waals surface area contributed by atoms with Crippen molar-refractivity contribution < 1.29 is 88.3 Å². The molecule has 10 aromatic rings. The molecule has 0 spiro atoms. The minimum atomic E-state index is -1.39. The number of imidazole rings is 4. The average molecular weight is 1570 g/mol. The first-order valence-corrected chi connectivity index (χ1v) is 34.3. The Kier molecular flexibility index (Phi) is 21.7. The molecule has 36 heteroatoms. The normalized spacial score (nSPS) is 26.7. The molecule has 101 heavy (non-hydrogen) atoms. The van der Waals surface area contributed by atoms with Gasteiger partial charge in [0.15, 0.2) is 43.2 Å². The maximum Gasteiger partial charge on any atom is 0.338 e. The Morgan fingerprint density at radius 3 is 1.28 bits per heavy atom. The monoisotopic (exact) mass is 1570 g/mol. The largest absolute Gasteiger partial charge is 0.459 e. The highest BCUT2D eigenvalue weighted by molar-refractivity contribution is 6.44. The molecule has 0 aliphatic carbocycles. The molecule has 4 fully saturated rings. The predicted octanol–water partition coefficient (Wildman–Crippen LogP) is 9.82. The molecule has 534 valence electrons. The number of rotatable bonds is 12. The second kappa shape index (κ2) is 30.0. The third-order valence-corrected chi connectivity index (χ3v) is 20.3. The van der Waals surface area contributed by atoms with Crippen LogP contribution in [0.25, 0.3) is 44.1 Å². The number of hydrogen-bond donors (Lipinski definition) is 9. The zero-order valence-electron chi connectivity index (χ0n) is 52.2. The number of carbonyl (C=O) groups is 2. The number of ether oxygens (including phenoxy) is 8. The lowest BCUT2D eigenvalue weighted by Crippen LogP contribution is -2.42. The molecule has 0 amide bonds. The number of esters is 2. The van der Waals surface area contributed by atoms with Crippen LogP contribution in [0.2, 0.25) is 45.5 Å². The minimum absolute atomic E-state index is 0.00699. The number of aliphatic hydroxyl groups is 8. The van der Waals surface area contributed by atoms with Gasteiger partial charge in [-0.05, 0) is 98.2 Å². The number of nitrogens with one attached hydrogen (secondary N) is 1. The first-order valence-electron chi connectivity index (χ1n) is 30.9. The van der Waals surface area contributed by atoms with Crippen molar-refractivity contribution in [1.82, 2.24) is 38.2 Å². The number of halogens is 9. The molecule has 4 saturated heterocycles. The molecule has 6 aromatic carbocycles. The molecule has 4 aromatic heterocycles. The van der Waals surface area contributed by atoms with Crippen molar-refractivity contribution in [3.8, 4) is 12.0 Å². The van der Waals surface area contributed by atoms with E-state index in [0.29, 0.717) is 97.8 Å². The van der Waals surface area contributed by atoms with Gasteiger partial charge in [-0.15, -0.1) is 0 Å². The highest BCUT2D eigenvalue weighted by Crippen LogP contribution is 2.46. The SMILES string of the molecule is CC(C)Nc1nc2cc(Cl)c(Cl)cc2n1[C@H]1O[C@@H](CO)[C@@H](O)[C@H]1O.O=C(OC[C@@H]1OC(n2c(Cl)nc3cc(Cl)c(Cl)cc32)[C@@H](O)[C@@H]1OC(=O)c1ccccc1)c1ccccc1.OC[C@@H]1O[C@H]2[C@H](O)[C@@H]1Oc1nc3cc(Cl)c(Cl)cc3n12.OC[C@@H]1O[C@H]2[C@H](O)[C@@H]1Oc1nc3cc(Cl)c(Cl)cc3n12. The van der Waals surface area contributed by atoms with E-state index in [1.165, 1.54) is 10.6 Å². The fraction of sp³-hybridized carbons (Fsp3) is 0.354. The van der Waals surface area contributed by atoms with Crippen LogP contribution in [0.3, 0.4) is 0 Å². The number of fused-ring (bicyclic) bond motifs is 14. The molecule has 16 atom stereocenters. The summed E-state index contributed by atoms with van der Waals surface area (Å²) >= 11 is 54.9. The van der Waals surface area contributed by atoms with Gasteiger partial charge in [0.25, 0.3) is 12.0 Å². The summed E-state index contributed by atoms with van der Waals surface area (Å²) < 4.78 is 51.6. The van der Waals surface area contributed by atoms with Gasteiger partial charge in [-0.1, -0.05) is 129 Å². The van der Waals surface area contributed by atoms with Crippen LogP contribution in [0.15, 0.2) is 109 Å². The van der Waals surface area contributed by atoms with E-state index >= 15 is 0 Å². The molecule has 6 aliphatic heterocycles. The van der Waals surface area contributed by atoms with Crippen molar-refractivity contribution in [2.24, 2.45) is 0 Å². The lowest BCUT2D eigenvalue weighted by atomic mass is 10.1. The Morgan fingerprint density at radius 2 is 0.832 bits per heavy atom. The topological polar surface area (TPSA) is 353 Å². The van der Waals surface area contributed by atoms with E-state index in [9.17, 15) is 50.4 Å². The second-order valence-corrected chi connectivity index (χ2v) is 27.6. The first kappa shape index (κ1) is 73.0. The van der Waals surface area contributed by atoms with Gasteiger partial charge < -0.3 is 84.1 Å². The van der Waals surface area contributed by atoms with Crippen molar-refractivity contribution in [2.45, 2.75) is 118 Å². The van der Waals surface area contributed by atoms with Gasteiger partial charge in [0.1, 0.15) is 61.5 Å². The molecule has 9 N–H and O–H groups in total. The van der Waals surface area contributed by atoms with Crippen LogP contribution >= 0.6 is 104 Å². The Balaban J connectivity index is 0.000000125. The molecule has 16 rings (SSSR count). The van der Waals surface area contributed by atoms with Crippen LogP contribution in [0.1, 0.15) is 59.5 Å². The molecule has 27 nitrogen and oxygen atoms in total. The number of hydrogen-bond acceptors (Lipinski definition) is 23. The van der Waals surface area contributed by atoms with Gasteiger partial charge in [0.2, 0.25) is 11.2 Å². The van der Waals surface area contributed by atoms with Crippen molar-refractivity contribution in [3.05, 3.63) is 166 Å². The molecule has 10 heterocycles. The van der Waals surface area contributed by atoms with E-state index in [2.05, 4.69) is 25.3 Å². The highest BCUT2D eigenvalue weighted by atomic mass is 35.5. The number of nitrogens with zero attached hydrogens (tertiary/aromatic N) is 8. The van der Waals surface area contributed by atoms with E-state index in [1.54, 1.807) is 117 Å². The molecular formula is C65H58Cl9N9O18. The van der Waals surface area contributed by atoms with Crippen molar-refractivity contribution >= 4 is 166 Å². The summed E-state index contributed by atoms with van der Waals surface area (Å²) in [6.45, 7) is 2.73. The first-order chi connectivity index (χ1) is 48.4. The average Bonchev–Trinajstić information content (AvgIpc) is 1.59. The fourth-order valence-electron chi connectivity index (χ4n) is 12.4. The lowest BCUT2D eigenvalue weighted by Gasteiger charge is -2.26. The number of carbonyl (C=O) groups excluding carboxylic acids is 2. The molecular weight excluding hydrogens is 1510 g/mol. The van der Waals surface area contributed by atoms with Gasteiger partial charge in [0.05, 0.1) is 115 Å². The Hall–Kier alpha value is -6.33. The van der Waals surface area contributed by atoms with Crippen molar-refractivity contribution in [3.63, 3.8) is 0 Å². The summed E-state index contributed by atoms with van der Waals surface area (Å²) in [6.07, 6.45) is -14.4. The fourth-order valence-corrected chi connectivity index (χ4v) is 13.9. The molecule has 0 radical (unpaired) electrons. The quantitative estimate of drug-likeness (QED) is 0.0513. The van der Waals surface area contributed by atoms with Crippen LogP contribution < -0.4 is 14.8 Å². The van der Waals surface area contributed by atoms with Gasteiger partial charge in [-0.3, -0.25) is 18.3 Å². The molecule has 0 saturated carbocycles. The number of anilines is 1. The third kappa shape index (κ3) is 14.1. The van der Waals surface area contributed by atoms with Crippen LogP contribution in [-0.4, -0.2) is 197 Å². The summed E-state index contributed by atoms with van der Waals surface area (Å²) in [5.74, 6) is -0.819. The zero-order valence-corrected chi connectivity index (χ0v) is 59.0. The zero-order chi connectivity index (χ0) is 71.7. The Morgan fingerprint density at radius 1 is 0.455 bits per heavy atom. The smallest absolute Gasteiger partial charge is 0.338 e. The van der Waals surface area contributed by atoms with Gasteiger partial charge in [-0.2, -0.15) is 9.97 Å². The third-order valence-electron chi connectivity index (χ3n) is 17.2. The van der Waals surface area contributed by atoms with Crippen LogP contribution in [0.4, 0.5) is 5.95 Å². The summed E-state index contributed by atoms with van der Waals surface area (Å²) in [5.41, 5.74) is 5.21. The van der Waals surface area contributed by atoms with Crippen LogP contribution in [0, 0.1) is 0 Å². The van der Waals surface area contributed by atoms with E-state index in [0.717, 1.165) is 0 Å².